The fraction of sp³-hybridized carbons (Fsp3) is 0.350. The Balaban J connectivity index is 2.07. The number of halogens is 3. The van der Waals surface area contributed by atoms with Gasteiger partial charge >= 0.3 is 12.1 Å². The van der Waals surface area contributed by atoms with Gasteiger partial charge in [0.25, 0.3) is 10.0 Å². The molecule has 1 saturated heterocycles. The van der Waals surface area contributed by atoms with E-state index < -0.39 is 27.7 Å². The topological polar surface area (TPSA) is 86.7 Å². The molecule has 2 aromatic carbocycles. The van der Waals surface area contributed by atoms with Crippen molar-refractivity contribution in [3.8, 4) is 0 Å². The maximum Gasteiger partial charge on any atom is 0.416 e. The predicted molar refractivity (Wildman–Crippen MR) is 106 cm³/mol. The van der Waals surface area contributed by atoms with Gasteiger partial charge in [0, 0.05) is 13.1 Å². The number of anilines is 2. The van der Waals surface area contributed by atoms with Crippen LogP contribution in [0.15, 0.2) is 41.3 Å². The second kappa shape index (κ2) is 8.17. The molecule has 0 amide bonds. The SMILES string of the molecule is Cc1ccc(C(=O)O)cc1S(=O)(=O)Nc1cc(C(F)(F)F)ccc1N1CCCCC1. The fourth-order valence-electron chi connectivity index (χ4n) is 3.43. The molecule has 2 aromatic rings. The lowest BCUT2D eigenvalue weighted by Gasteiger charge is -2.31. The Hall–Kier alpha value is -2.75. The second-order valence-electron chi connectivity index (χ2n) is 7.17. The Morgan fingerprint density at radius 2 is 1.73 bits per heavy atom. The average Bonchev–Trinajstić information content (AvgIpc) is 2.67. The number of hydrogen-bond donors (Lipinski definition) is 2. The molecule has 0 radical (unpaired) electrons. The summed E-state index contributed by atoms with van der Waals surface area (Å²) in [6.45, 7) is 2.69. The highest BCUT2D eigenvalue weighted by Gasteiger charge is 2.32. The van der Waals surface area contributed by atoms with Crippen LogP contribution < -0.4 is 9.62 Å². The summed E-state index contributed by atoms with van der Waals surface area (Å²) in [4.78, 5) is 12.8. The zero-order valence-corrected chi connectivity index (χ0v) is 17.0. The molecule has 30 heavy (non-hydrogen) atoms. The summed E-state index contributed by atoms with van der Waals surface area (Å²) >= 11 is 0. The number of sulfonamides is 1. The minimum absolute atomic E-state index is 0.188. The lowest BCUT2D eigenvalue weighted by molar-refractivity contribution is -0.137. The summed E-state index contributed by atoms with van der Waals surface area (Å²) < 4.78 is 68.0. The minimum Gasteiger partial charge on any atom is -0.478 e. The second-order valence-corrected chi connectivity index (χ2v) is 8.82. The Kier molecular flexibility index (Phi) is 5.98. The van der Waals surface area contributed by atoms with Gasteiger partial charge in [0.1, 0.15) is 0 Å². The molecule has 0 atom stereocenters. The number of aromatic carboxylic acids is 1. The molecule has 1 aliphatic heterocycles. The first-order chi connectivity index (χ1) is 14.0. The standard InChI is InChI=1S/C20H21F3N2O4S/c1-13-5-6-14(19(26)27)11-18(13)30(28,29)24-16-12-15(20(21,22)23)7-8-17(16)25-9-3-2-4-10-25/h5-8,11-12,24H,2-4,9-10H2,1H3,(H,26,27). The van der Waals surface area contributed by atoms with Gasteiger partial charge in [-0.15, -0.1) is 0 Å². The smallest absolute Gasteiger partial charge is 0.416 e. The summed E-state index contributed by atoms with van der Waals surface area (Å²) in [7, 11) is -4.33. The monoisotopic (exact) mass is 442 g/mol. The van der Waals surface area contributed by atoms with E-state index in [9.17, 15) is 26.4 Å². The van der Waals surface area contributed by atoms with Crippen molar-refractivity contribution >= 4 is 27.4 Å². The number of carbonyl (C=O) groups is 1. The van der Waals surface area contributed by atoms with E-state index in [0.717, 1.165) is 37.5 Å². The minimum atomic E-state index is -4.64. The van der Waals surface area contributed by atoms with Crippen LogP contribution in [0, 0.1) is 6.92 Å². The van der Waals surface area contributed by atoms with Crippen LogP contribution in [0.2, 0.25) is 0 Å². The molecule has 2 N–H and O–H groups in total. The van der Waals surface area contributed by atoms with Crippen molar-refractivity contribution in [3.63, 3.8) is 0 Å². The number of alkyl halides is 3. The molecular weight excluding hydrogens is 421 g/mol. The lowest BCUT2D eigenvalue weighted by atomic mass is 10.1. The van der Waals surface area contributed by atoms with E-state index in [4.69, 9.17) is 5.11 Å². The number of nitrogens with one attached hydrogen (secondary N) is 1. The van der Waals surface area contributed by atoms with E-state index in [2.05, 4.69) is 4.72 Å². The third-order valence-corrected chi connectivity index (χ3v) is 6.50. The van der Waals surface area contributed by atoms with Crippen LogP contribution in [-0.2, 0) is 16.2 Å². The maximum absolute atomic E-state index is 13.2. The van der Waals surface area contributed by atoms with Crippen molar-refractivity contribution in [1.82, 2.24) is 0 Å². The predicted octanol–water partition coefficient (Wildman–Crippen LogP) is 4.50. The quantitative estimate of drug-likeness (QED) is 0.712. The van der Waals surface area contributed by atoms with Gasteiger partial charge in [0.15, 0.2) is 0 Å². The van der Waals surface area contributed by atoms with Crippen molar-refractivity contribution < 1.29 is 31.5 Å². The van der Waals surface area contributed by atoms with Crippen LogP contribution in [0.1, 0.15) is 40.7 Å². The third-order valence-electron chi connectivity index (χ3n) is 4.99. The van der Waals surface area contributed by atoms with Crippen LogP contribution in [0.25, 0.3) is 0 Å². The molecule has 10 heteroatoms. The summed E-state index contributed by atoms with van der Waals surface area (Å²) in [6.07, 6.45) is -1.93. The lowest BCUT2D eigenvalue weighted by Crippen LogP contribution is -2.30. The molecule has 1 heterocycles. The molecule has 0 bridgehead atoms. The molecule has 6 nitrogen and oxygen atoms in total. The first-order valence-electron chi connectivity index (χ1n) is 9.32. The number of carboxylic acids is 1. The molecule has 0 spiro atoms. The van der Waals surface area contributed by atoms with Crippen molar-refractivity contribution in [2.75, 3.05) is 22.7 Å². The van der Waals surface area contributed by atoms with Crippen LogP contribution >= 0.6 is 0 Å². The number of rotatable bonds is 5. The van der Waals surface area contributed by atoms with Crippen molar-refractivity contribution in [3.05, 3.63) is 53.1 Å². The third kappa shape index (κ3) is 4.69. The van der Waals surface area contributed by atoms with Crippen molar-refractivity contribution in [2.24, 2.45) is 0 Å². The average molecular weight is 442 g/mol. The van der Waals surface area contributed by atoms with Crippen LogP contribution in [-0.4, -0.2) is 32.6 Å². The number of hydrogen-bond acceptors (Lipinski definition) is 4. The van der Waals surface area contributed by atoms with E-state index in [1.54, 1.807) is 0 Å². The number of nitrogens with zero attached hydrogens (tertiary/aromatic N) is 1. The normalized spacial score (nSPS) is 15.1. The molecular formula is C20H21F3N2O4S. The maximum atomic E-state index is 13.2. The highest BCUT2D eigenvalue weighted by Crippen LogP contribution is 2.37. The van der Waals surface area contributed by atoms with Crippen molar-refractivity contribution in [2.45, 2.75) is 37.3 Å². The molecule has 162 valence electrons. The summed E-state index contributed by atoms with van der Waals surface area (Å²) in [6, 6.07) is 6.58. The van der Waals surface area contributed by atoms with Gasteiger partial charge in [-0.25, -0.2) is 13.2 Å². The zero-order chi connectivity index (χ0) is 22.1. The van der Waals surface area contributed by atoms with Gasteiger partial charge < -0.3 is 10.0 Å². The number of benzene rings is 2. The number of aryl methyl sites for hydroxylation is 1. The van der Waals surface area contributed by atoms with Gasteiger partial charge in [-0.3, -0.25) is 4.72 Å². The first kappa shape index (κ1) is 21.9. The molecule has 0 unspecified atom stereocenters. The summed E-state index contributed by atoms with van der Waals surface area (Å²) in [5.74, 6) is -1.31. The molecule has 0 aliphatic carbocycles. The van der Waals surface area contributed by atoms with Crippen LogP contribution in [0.3, 0.4) is 0 Å². The Morgan fingerprint density at radius 3 is 2.33 bits per heavy atom. The van der Waals surface area contributed by atoms with Crippen LogP contribution in [0.5, 0.6) is 0 Å². The summed E-state index contributed by atoms with van der Waals surface area (Å²) in [5.41, 5.74) is -0.762. The first-order valence-corrected chi connectivity index (χ1v) is 10.8. The molecule has 3 rings (SSSR count). The Labute approximate surface area is 172 Å². The van der Waals surface area contributed by atoms with Crippen molar-refractivity contribution in [1.29, 1.82) is 0 Å². The number of piperidine rings is 1. The van der Waals surface area contributed by atoms with E-state index in [0.29, 0.717) is 18.8 Å². The molecule has 1 fully saturated rings. The van der Waals surface area contributed by atoms with Gasteiger partial charge in [-0.1, -0.05) is 6.07 Å². The Bertz CT molecular complexity index is 1060. The largest absolute Gasteiger partial charge is 0.478 e. The van der Waals surface area contributed by atoms with E-state index >= 15 is 0 Å². The highest BCUT2D eigenvalue weighted by atomic mass is 32.2. The highest BCUT2D eigenvalue weighted by molar-refractivity contribution is 7.92. The summed E-state index contributed by atoms with van der Waals surface area (Å²) in [5, 5.41) is 9.15. The van der Waals surface area contributed by atoms with E-state index in [1.165, 1.54) is 25.1 Å². The number of carboxylic acid groups (broad SMARTS) is 1. The molecule has 0 saturated carbocycles. The van der Waals surface area contributed by atoms with E-state index in [-0.39, 0.29) is 21.7 Å². The fourth-order valence-corrected chi connectivity index (χ4v) is 4.76. The molecule has 0 aromatic heterocycles. The van der Waals surface area contributed by atoms with Crippen LogP contribution in [0.4, 0.5) is 24.5 Å². The molecule has 1 aliphatic rings. The van der Waals surface area contributed by atoms with E-state index in [1.807, 2.05) is 4.90 Å². The van der Waals surface area contributed by atoms with Gasteiger partial charge in [-0.05, 0) is 62.1 Å². The Morgan fingerprint density at radius 1 is 1.07 bits per heavy atom. The van der Waals surface area contributed by atoms with Gasteiger partial charge in [0.05, 0.1) is 27.4 Å². The zero-order valence-electron chi connectivity index (χ0n) is 16.2. The van der Waals surface area contributed by atoms with Gasteiger partial charge in [0.2, 0.25) is 0 Å². The van der Waals surface area contributed by atoms with Gasteiger partial charge in [-0.2, -0.15) is 13.2 Å².